The van der Waals surface area contributed by atoms with Crippen molar-refractivity contribution in [3.63, 3.8) is 0 Å². The molecule has 3 saturated heterocycles. The van der Waals surface area contributed by atoms with E-state index in [2.05, 4.69) is 29.9 Å². The average Bonchev–Trinajstić information content (AvgIpc) is 3.71. The zero-order valence-electron chi connectivity index (χ0n) is 21.4. The van der Waals surface area contributed by atoms with Crippen LogP contribution in [-0.4, -0.2) is 93.1 Å². The van der Waals surface area contributed by atoms with Gasteiger partial charge in [-0.05, 0) is 0 Å². The Balaban J connectivity index is 1.16. The summed E-state index contributed by atoms with van der Waals surface area (Å²) >= 11 is 0. The zero-order valence-corrected chi connectivity index (χ0v) is 23.2. The normalized spacial score (nSPS) is 36.0. The molecule has 0 spiro atoms. The fourth-order valence-corrected chi connectivity index (χ4v) is 7.17. The van der Waals surface area contributed by atoms with Crippen molar-refractivity contribution in [1.29, 1.82) is 0 Å². The summed E-state index contributed by atoms with van der Waals surface area (Å²) in [5.74, 6) is 0.288. The Kier molecular flexibility index (Phi) is 6.74. The van der Waals surface area contributed by atoms with Crippen molar-refractivity contribution in [1.82, 2.24) is 39.0 Å². The number of anilines is 2. The second-order valence-corrected chi connectivity index (χ2v) is 12.5. The van der Waals surface area contributed by atoms with Crippen LogP contribution in [0.5, 0.6) is 0 Å². The first-order chi connectivity index (χ1) is 20.1. The molecule has 224 valence electrons. The van der Waals surface area contributed by atoms with Crippen molar-refractivity contribution < 1.29 is 46.5 Å². The van der Waals surface area contributed by atoms with E-state index in [1.807, 2.05) is 0 Å². The minimum Gasteiger partial charge on any atom is -0.382 e. The fraction of sp³-hybridized carbons (Fsp3) is 0.500. The highest BCUT2D eigenvalue weighted by Crippen LogP contribution is 2.53. The Morgan fingerprint density at radius 1 is 0.762 bits per heavy atom. The highest BCUT2D eigenvalue weighted by molar-refractivity contribution is 7.47. The van der Waals surface area contributed by atoms with E-state index in [9.17, 15) is 18.9 Å². The molecule has 20 nitrogen and oxygen atoms in total. The molecule has 3 fully saturated rings. The number of phosphoric ester groups is 2. The van der Waals surface area contributed by atoms with Crippen LogP contribution in [0.25, 0.3) is 22.3 Å². The first-order valence-electron chi connectivity index (χ1n) is 12.5. The zero-order chi connectivity index (χ0) is 29.2. The molecule has 7 rings (SSSR count). The minimum absolute atomic E-state index is 0.0111. The van der Waals surface area contributed by atoms with Gasteiger partial charge in [0.05, 0.1) is 38.5 Å². The highest BCUT2D eigenvalue weighted by Gasteiger charge is 2.49. The Morgan fingerprint density at radius 2 is 1.36 bits per heavy atom. The van der Waals surface area contributed by atoms with Crippen LogP contribution in [-0.2, 0) is 36.7 Å². The number of nitrogens with zero attached hydrogens (tertiary/aromatic N) is 8. The van der Waals surface area contributed by atoms with Crippen LogP contribution in [0, 0.1) is 0 Å². The molecule has 42 heavy (non-hydrogen) atoms. The van der Waals surface area contributed by atoms with E-state index in [4.69, 9.17) is 39.0 Å². The Morgan fingerprint density at radius 3 is 2.05 bits per heavy atom. The van der Waals surface area contributed by atoms with Crippen molar-refractivity contribution in [3.8, 4) is 0 Å². The van der Waals surface area contributed by atoms with Gasteiger partial charge in [0.25, 0.3) is 0 Å². The number of phosphoric acid groups is 2. The lowest BCUT2D eigenvalue weighted by Crippen LogP contribution is -2.35. The second-order valence-electron chi connectivity index (χ2n) is 9.71. The monoisotopic (exact) mass is 626 g/mol. The maximum Gasteiger partial charge on any atom is 0.472 e. The molecule has 0 amide bonds. The third kappa shape index (κ3) is 4.94. The van der Waals surface area contributed by atoms with E-state index in [0.29, 0.717) is 22.3 Å². The molecule has 0 aromatic carbocycles. The van der Waals surface area contributed by atoms with Gasteiger partial charge in [-0.1, -0.05) is 0 Å². The lowest BCUT2D eigenvalue weighted by Gasteiger charge is -2.28. The van der Waals surface area contributed by atoms with Gasteiger partial charge < -0.3 is 35.3 Å². The number of nitrogen functional groups attached to an aromatic ring is 2. The predicted molar refractivity (Wildman–Crippen MR) is 138 cm³/mol. The minimum atomic E-state index is -4.77. The molecule has 7 heterocycles. The van der Waals surface area contributed by atoms with Crippen molar-refractivity contribution in [2.75, 3.05) is 31.3 Å². The molecule has 8 atom stereocenters. The second kappa shape index (κ2) is 10.2. The van der Waals surface area contributed by atoms with Gasteiger partial charge in [0.1, 0.15) is 54.3 Å². The van der Waals surface area contributed by atoms with Crippen LogP contribution >= 0.6 is 15.6 Å². The van der Waals surface area contributed by atoms with E-state index in [0.717, 1.165) is 0 Å². The fourth-order valence-electron chi connectivity index (χ4n) is 5.23. The van der Waals surface area contributed by atoms with Crippen molar-refractivity contribution in [2.24, 2.45) is 0 Å². The summed E-state index contributed by atoms with van der Waals surface area (Å²) in [5.41, 5.74) is 13.1. The van der Waals surface area contributed by atoms with Crippen molar-refractivity contribution in [3.05, 3.63) is 25.3 Å². The van der Waals surface area contributed by atoms with Gasteiger partial charge in [0, 0.05) is 6.42 Å². The summed E-state index contributed by atoms with van der Waals surface area (Å²) in [5, 5.41) is 0. The summed E-state index contributed by atoms with van der Waals surface area (Å²) in [7, 11) is -9.48. The van der Waals surface area contributed by atoms with E-state index in [1.54, 1.807) is 4.57 Å². The maximum absolute atomic E-state index is 13.2. The number of hydrogen-bond donors (Lipinski definition) is 4. The molecule has 4 aromatic heterocycles. The largest absolute Gasteiger partial charge is 0.472 e. The molecule has 0 aliphatic carbocycles. The van der Waals surface area contributed by atoms with E-state index in [1.165, 1.54) is 29.9 Å². The number of ether oxygens (including phenoxy) is 2. The van der Waals surface area contributed by atoms with Gasteiger partial charge in [-0.25, -0.2) is 39.0 Å². The van der Waals surface area contributed by atoms with Crippen molar-refractivity contribution in [2.45, 2.75) is 43.1 Å². The molecule has 0 radical (unpaired) electrons. The molecular weight excluding hydrogens is 602 g/mol. The molecule has 0 bridgehead atoms. The van der Waals surface area contributed by atoms with Gasteiger partial charge in [0.15, 0.2) is 22.9 Å². The molecule has 22 heteroatoms. The third-order valence-corrected chi connectivity index (χ3v) is 9.17. The molecule has 4 aromatic rings. The molecule has 0 saturated carbocycles. The van der Waals surface area contributed by atoms with Gasteiger partial charge in [0.2, 0.25) is 0 Å². The van der Waals surface area contributed by atoms with E-state index >= 15 is 0 Å². The maximum atomic E-state index is 13.2. The van der Waals surface area contributed by atoms with Gasteiger partial charge in [-0.2, -0.15) is 0 Å². The molecule has 6 N–H and O–H groups in total. The average molecular weight is 626 g/mol. The first-order valence-corrected chi connectivity index (χ1v) is 15.5. The standard InChI is InChI=1S/C20H24N10O10P2/c21-17-14-19(25-5-23-17)29(7-27-14)9-2-35-12-4-37-41(31,32)39-10-1-13(30-8-28-15-18(22)24-6-26-20(15)30)38-11(10)3-36-42(33,34)40-16(9)12/h5-13,16H,1-4H2,(H,31,32)(H,33,34)(H2,21,23,25)(H2,22,24,26)/t9-,10+,11-,12-,13-,16+/m1/s1. The van der Waals surface area contributed by atoms with Crippen LogP contribution in [0.4, 0.5) is 11.6 Å². The van der Waals surface area contributed by atoms with E-state index in [-0.39, 0.29) is 24.7 Å². The summed E-state index contributed by atoms with van der Waals surface area (Å²) in [6.07, 6.45) is 0.0408. The van der Waals surface area contributed by atoms with Crippen LogP contribution in [0.2, 0.25) is 0 Å². The number of fused-ring (bicyclic) bond motifs is 4. The van der Waals surface area contributed by atoms with Crippen LogP contribution in [0.15, 0.2) is 25.3 Å². The number of hydrogen-bond acceptors (Lipinski definition) is 16. The summed E-state index contributed by atoms with van der Waals surface area (Å²) in [6.45, 7) is -1.12. The molecular formula is C20H24N10O10P2. The van der Waals surface area contributed by atoms with Crippen LogP contribution in [0.3, 0.4) is 0 Å². The summed E-state index contributed by atoms with van der Waals surface area (Å²) in [4.78, 5) is 45.9. The predicted octanol–water partition coefficient (Wildman–Crippen LogP) is 0.0760. The Hall–Kier alpha value is -3.16. The number of imidazole rings is 2. The number of aromatic nitrogens is 8. The van der Waals surface area contributed by atoms with Crippen LogP contribution in [0.1, 0.15) is 18.7 Å². The molecule has 2 unspecified atom stereocenters. The topological polar surface area (TPSA) is 269 Å². The molecule has 3 aliphatic heterocycles. The van der Waals surface area contributed by atoms with Gasteiger partial charge >= 0.3 is 15.6 Å². The van der Waals surface area contributed by atoms with Gasteiger partial charge in [-0.3, -0.25) is 22.7 Å². The third-order valence-electron chi connectivity index (χ3n) is 7.18. The van der Waals surface area contributed by atoms with Crippen LogP contribution < -0.4 is 11.5 Å². The van der Waals surface area contributed by atoms with Gasteiger partial charge in [-0.15, -0.1) is 0 Å². The summed E-state index contributed by atoms with van der Waals surface area (Å²) < 4.78 is 62.7. The highest BCUT2D eigenvalue weighted by atomic mass is 31.2. The lowest BCUT2D eigenvalue weighted by molar-refractivity contribution is -0.0578. The number of rotatable bonds is 2. The number of nitrogens with two attached hydrogens (primary N) is 2. The summed E-state index contributed by atoms with van der Waals surface area (Å²) in [6, 6.07) is -0.771. The smallest absolute Gasteiger partial charge is 0.382 e. The van der Waals surface area contributed by atoms with Crippen molar-refractivity contribution >= 4 is 49.6 Å². The quantitative estimate of drug-likeness (QED) is 0.214. The Labute approximate surface area is 235 Å². The molecule has 3 aliphatic rings. The Bertz CT molecular complexity index is 1750. The first kappa shape index (κ1) is 27.7. The van der Waals surface area contributed by atoms with E-state index < -0.39 is 65.5 Å². The SMILES string of the molecule is Nc1ncnc2c1ncn2[C@@H]1CO[C@@H]2COP(=O)(O)O[C@H]3C[C@H](n4cnc5c(N)ncnc54)O[C@@H]3COP(=O)(O)O[C@@H]12. The lowest BCUT2D eigenvalue weighted by atomic mass is 10.1.